The number of halogens is 1. The summed E-state index contributed by atoms with van der Waals surface area (Å²) >= 11 is 0. The molecule has 1 N–H and O–H groups in total. The Morgan fingerprint density at radius 1 is 1.00 bits per heavy atom. The Balaban J connectivity index is 1.43. The summed E-state index contributed by atoms with van der Waals surface area (Å²) in [6.45, 7) is 7.93. The number of piperidine rings is 1. The smallest absolute Gasteiger partial charge is 0.317 e. The predicted molar refractivity (Wildman–Crippen MR) is 112 cm³/mol. The quantitative estimate of drug-likeness (QED) is 0.821. The third-order valence-corrected chi connectivity index (χ3v) is 6.23. The highest BCUT2D eigenvalue weighted by Gasteiger charge is 2.29. The summed E-state index contributed by atoms with van der Waals surface area (Å²) in [4.78, 5) is 30.9. The molecule has 0 atom stereocenters. The fraction of sp³-hybridized carbons (Fsp3) is 0.636. The topological polar surface area (TPSA) is 55.9 Å². The lowest BCUT2D eigenvalue weighted by atomic mass is 9.98. The van der Waals surface area contributed by atoms with Crippen molar-refractivity contribution < 1.29 is 14.0 Å². The minimum absolute atomic E-state index is 0.0528. The molecule has 7 heteroatoms. The van der Waals surface area contributed by atoms with Crippen LogP contribution in [0.1, 0.15) is 39.5 Å². The third-order valence-electron chi connectivity index (χ3n) is 6.23. The zero-order valence-corrected chi connectivity index (χ0v) is 17.6. The van der Waals surface area contributed by atoms with E-state index >= 15 is 0 Å². The third kappa shape index (κ3) is 5.19. The van der Waals surface area contributed by atoms with E-state index in [1.165, 1.54) is 6.07 Å². The maximum absolute atomic E-state index is 14.0. The summed E-state index contributed by atoms with van der Waals surface area (Å²) in [5.74, 6) is 0.149. The van der Waals surface area contributed by atoms with Gasteiger partial charge in [0.05, 0.1) is 5.69 Å². The van der Waals surface area contributed by atoms with Crippen molar-refractivity contribution in [3.8, 4) is 0 Å². The molecule has 29 heavy (non-hydrogen) atoms. The lowest BCUT2D eigenvalue weighted by molar-refractivity contribution is -0.136. The van der Waals surface area contributed by atoms with Gasteiger partial charge >= 0.3 is 6.03 Å². The zero-order valence-electron chi connectivity index (χ0n) is 17.6. The van der Waals surface area contributed by atoms with Crippen molar-refractivity contribution >= 4 is 17.6 Å². The molecule has 160 valence electrons. The first kappa shape index (κ1) is 21.4. The highest BCUT2D eigenvalue weighted by Crippen LogP contribution is 2.21. The molecule has 1 aromatic rings. The van der Waals surface area contributed by atoms with Gasteiger partial charge < -0.3 is 20.0 Å². The molecule has 2 fully saturated rings. The fourth-order valence-electron chi connectivity index (χ4n) is 4.26. The molecule has 2 aliphatic heterocycles. The number of carbonyl (C=O) groups is 2. The summed E-state index contributed by atoms with van der Waals surface area (Å²) in [6, 6.07) is 6.82. The number of para-hydroxylation sites is 1. The number of urea groups is 1. The van der Waals surface area contributed by atoms with E-state index in [2.05, 4.69) is 19.2 Å². The summed E-state index contributed by atoms with van der Waals surface area (Å²) in [7, 11) is 0. The molecule has 3 amide bonds. The van der Waals surface area contributed by atoms with Gasteiger partial charge in [-0.25, -0.2) is 9.18 Å². The molecule has 3 rings (SSSR count). The van der Waals surface area contributed by atoms with E-state index in [1.807, 2.05) is 15.9 Å². The molecule has 2 heterocycles. The number of hydrogen-bond donors (Lipinski definition) is 1. The predicted octanol–water partition coefficient (Wildman–Crippen LogP) is 3.08. The largest absolute Gasteiger partial charge is 0.366 e. The van der Waals surface area contributed by atoms with Gasteiger partial charge in [-0.1, -0.05) is 26.0 Å². The molecule has 0 aliphatic carbocycles. The van der Waals surface area contributed by atoms with Crippen molar-refractivity contribution in [2.45, 2.75) is 45.6 Å². The van der Waals surface area contributed by atoms with Crippen LogP contribution in [-0.4, -0.2) is 67.0 Å². The lowest BCUT2D eigenvalue weighted by Crippen LogP contribution is -2.55. The number of likely N-dealkylation sites (tertiary alicyclic amines) is 1. The van der Waals surface area contributed by atoms with Crippen molar-refractivity contribution in [1.82, 2.24) is 15.1 Å². The summed E-state index contributed by atoms with van der Waals surface area (Å²) in [5.41, 5.74) is 0.599. The maximum Gasteiger partial charge on any atom is 0.317 e. The molecule has 0 aromatic heterocycles. The SMILES string of the molecule is CCC(CC)C(=O)N1CCC(NC(=O)N2CCN(c3ccccc3F)CC2)CC1. The molecule has 2 aliphatic rings. The highest BCUT2D eigenvalue weighted by molar-refractivity contribution is 5.79. The Hall–Kier alpha value is -2.31. The standard InChI is InChI=1S/C22H33FN4O2/c1-3-17(4-2)21(28)26-11-9-18(10-12-26)24-22(29)27-15-13-25(14-16-27)20-8-6-5-7-19(20)23/h5-8,17-18H,3-4,9-16H2,1-2H3,(H,24,29). The van der Waals surface area contributed by atoms with Crippen molar-refractivity contribution in [1.29, 1.82) is 0 Å². The first-order chi connectivity index (χ1) is 14.0. The first-order valence-corrected chi connectivity index (χ1v) is 10.9. The Bertz CT molecular complexity index is 694. The number of piperazine rings is 1. The molecule has 0 bridgehead atoms. The normalized spacial score (nSPS) is 18.3. The molecule has 0 unspecified atom stereocenters. The van der Waals surface area contributed by atoms with Crippen molar-refractivity contribution in [2.75, 3.05) is 44.2 Å². The molecular weight excluding hydrogens is 371 g/mol. The summed E-state index contributed by atoms with van der Waals surface area (Å²) in [5, 5.41) is 3.13. The molecule has 0 radical (unpaired) electrons. The summed E-state index contributed by atoms with van der Waals surface area (Å²) in [6.07, 6.45) is 3.36. The average Bonchev–Trinajstić information content (AvgIpc) is 2.75. The van der Waals surface area contributed by atoms with E-state index < -0.39 is 0 Å². The number of anilines is 1. The molecule has 2 saturated heterocycles. The van der Waals surface area contributed by atoms with Crippen LogP contribution in [0.5, 0.6) is 0 Å². The molecule has 0 spiro atoms. The van der Waals surface area contributed by atoms with E-state index in [-0.39, 0.29) is 29.7 Å². The van der Waals surface area contributed by atoms with Gasteiger partial charge in [0.25, 0.3) is 0 Å². The van der Waals surface area contributed by atoms with Gasteiger partial charge in [0.2, 0.25) is 5.91 Å². The van der Waals surface area contributed by atoms with Crippen molar-refractivity contribution in [3.63, 3.8) is 0 Å². The Labute approximate surface area is 173 Å². The van der Waals surface area contributed by atoms with Gasteiger partial charge in [0, 0.05) is 51.2 Å². The Morgan fingerprint density at radius 2 is 1.62 bits per heavy atom. The minimum atomic E-state index is -0.222. The van der Waals surface area contributed by atoms with Crippen LogP contribution in [0.25, 0.3) is 0 Å². The Morgan fingerprint density at radius 3 is 2.21 bits per heavy atom. The number of hydrogen-bond acceptors (Lipinski definition) is 3. The van der Waals surface area contributed by atoms with Crippen LogP contribution in [0.3, 0.4) is 0 Å². The van der Waals surface area contributed by atoms with Gasteiger partial charge in [-0.05, 0) is 37.8 Å². The highest BCUT2D eigenvalue weighted by atomic mass is 19.1. The number of carbonyl (C=O) groups excluding carboxylic acids is 2. The van der Waals surface area contributed by atoms with E-state index in [9.17, 15) is 14.0 Å². The number of nitrogens with zero attached hydrogens (tertiary/aromatic N) is 3. The van der Waals surface area contributed by atoms with E-state index in [4.69, 9.17) is 0 Å². The van der Waals surface area contributed by atoms with E-state index in [0.717, 1.165) is 25.7 Å². The van der Waals surface area contributed by atoms with E-state index in [1.54, 1.807) is 17.0 Å². The fourth-order valence-corrected chi connectivity index (χ4v) is 4.26. The van der Waals surface area contributed by atoms with Gasteiger partial charge in [-0.15, -0.1) is 0 Å². The van der Waals surface area contributed by atoms with Crippen molar-refractivity contribution in [2.24, 2.45) is 5.92 Å². The second-order valence-corrected chi connectivity index (χ2v) is 7.99. The summed E-state index contributed by atoms with van der Waals surface area (Å²) < 4.78 is 14.0. The van der Waals surface area contributed by atoms with Crippen LogP contribution in [0.2, 0.25) is 0 Å². The number of benzene rings is 1. The molecule has 1 aromatic carbocycles. The second kappa shape index (κ2) is 9.94. The molecular formula is C22H33FN4O2. The minimum Gasteiger partial charge on any atom is -0.366 e. The van der Waals surface area contributed by atoms with Gasteiger partial charge in [0.15, 0.2) is 0 Å². The number of rotatable bonds is 5. The molecule has 6 nitrogen and oxygen atoms in total. The van der Waals surface area contributed by atoms with Crippen LogP contribution in [0.15, 0.2) is 24.3 Å². The zero-order chi connectivity index (χ0) is 20.8. The number of amides is 3. The molecule has 0 saturated carbocycles. The van der Waals surface area contributed by atoms with Crippen LogP contribution in [-0.2, 0) is 4.79 Å². The average molecular weight is 405 g/mol. The second-order valence-electron chi connectivity index (χ2n) is 7.99. The Kier molecular flexibility index (Phi) is 7.34. The van der Waals surface area contributed by atoms with Crippen LogP contribution < -0.4 is 10.2 Å². The first-order valence-electron chi connectivity index (χ1n) is 10.9. The van der Waals surface area contributed by atoms with Crippen LogP contribution in [0, 0.1) is 11.7 Å². The number of nitrogens with one attached hydrogen (secondary N) is 1. The monoisotopic (exact) mass is 404 g/mol. The van der Waals surface area contributed by atoms with Gasteiger partial charge in [0.1, 0.15) is 5.82 Å². The van der Waals surface area contributed by atoms with Gasteiger partial charge in [-0.2, -0.15) is 0 Å². The lowest BCUT2D eigenvalue weighted by Gasteiger charge is -2.38. The van der Waals surface area contributed by atoms with Crippen LogP contribution in [0.4, 0.5) is 14.9 Å². The van der Waals surface area contributed by atoms with E-state index in [0.29, 0.717) is 45.0 Å². The van der Waals surface area contributed by atoms with Gasteiger partial charge in [-0.3, -0.25) is 4.79 Å². The van der Waals surface area contributed by atoms with Crippen molar-refractivity contribution in [3.05, 3.63) is 30.1 Å². The maximum atomic E-state index is 14.0. The van der Waals surface area contributed by atoms with Crippen LogP contribution >= 0.6 is 0 Å².